The lowest BCUT2D eigenvalue weighted by Crippen LogP contribution is -2.52. The van der Waals surface area contributed by atoms with Crippen molar-refractivity contribution in [3.05, 3.63) is 24.3 Å². The van der Waals surface area contributed by atoms with Crippen LogP contribution in [0, 0.1) is 0 Å². The molecule has 0 fully saturated rings. The van der Waals surface area contributed by atoms with Crippen molar-refractivity contribution in [1.29, 1.82) is 0 Å². The third-order valence-corrected chi connectivity index (χ3v) is 5.21. The summed E-state index contributed by atoms with van der Waals surface area (Å²) in [5.41, 5.74) is 5.35. The topological polar surface area (TPSA) is 127 Å². The SMILES string of the molecule is CC(C(=O)O)S(=O)(=O)N1CC(C(N)=O)Oc2ccccc21. The first-order chi connectivity index (χ1) is 9.75. The number of ether oxygens (including phenoxy) is 1. The van der Waals surface area contributed by atoms with Gasteiger partial charge in [0.05, 0.1) is 12.2 Å². The van der Waals surface area contributed by atoms with Crippen LogP contribution < -0.4 is 14.8 Å². The molecule has 21 heavy (non-hydrogen) atoms. The summed E-state index contributed by atoms with van der Waals surface area (Å²) in [6.07, 6.45) is -1.17. The third kappa shape index (κ3) is 2.64. The maximum Gasteiger partial charge on any atom is 0.323 e. The number of carbonyl (C=O) groups is 2. The van der Waals surface area contributed by atoms with Crippen LogP contribution in [0.5, 0.6) is 5.75 Å². The zero-order chi connectivity index (χ0) is 15.8. The Kier molecular flexibility index (Phi) is 3.77. The van der Waals surface area contributed by atoms with Gasteiger partial charge < -0.3 is 15.6 Å². The average Bonchev–Trinajstić information content (AvgIpc) is 2.44. The summed E-state index contributed by atoms with van der Waals surface area (Å²) < 4.78 is 31.0. The summed E-state index contributed by atoms with van der Waals surface area (Å²) in [5.74, 6) is -2.14. The molecule has 8 nitrogen and oxygen atoms in total. The number of carboxylic acids is 1. The molecule has 2 atom stereocenters. The van der Waals surface area contributed by atoms with Crippen LogP contribution in [-0.2, 0) is 19.6 Å². The molecule has 0 saturated heterocycles. The van der Waals surface area contributed by atoms with E-state index in [1.54, 1.807) is 12.1 Å². The molecule has 1 heterocycles. The molecule has 3 N–H and O–H groups in total. The molecule has 2 unspecified atom stereocenters. The van der Waals surface area contributed by atoms with Gasteiger partial charge in [-0.25, -0.2) is 8.42 Å². The predicted molar refractivity (Wildman–Crippen MR) is 73.4 cm³/mol. The number of carbonyl (C=O) groups excluding carboxylic acids is 1. The normalized spacial score (nSPS) is 19.3. The molecule has 1 aromatic carbocycles. The van der Waals surface area contributed by atoms with E-state index in [1.165, 1.54) is 12.1 Å². The fourth-order valence-electron chi connectivity index (χ4n) is 1.91. The van der Waals surface area contributed by atoms with Crippen LogP contribution in [0.4, 0.5) is 5.69 Å². The van der Waals surface area contributed by atoms with Crippen LogP contribution in [0.15, 0.2) is 24.3 Å². The number of anilines is 1. The van der Waals surface area contributed by atoms with Crippen LogP contribution in [0.1, 0.15) is 6.92 Å². The summed E-state index contributed by atoms with van der Waals surface area (Å²) in [6.45, 7) is 0.710. The first kappa shape index (κ1) is 15.1. The summed E-state index contributed by atoms with van der Waals surface area (Å²) in [5, 5.41) is 7.29. The molecule has 0 spiro atoms. The standard InChI is InChI=1S/C12H14N2O6S/c1-7(12(16)17)21(18,19)14-6-10(11(13)15)20-9-5-3-2-4-8(9)14/h2-5,7,10H,6H2,1H3,(H2,13,15)(H,16,17). The second kappa shape index (κ2) is 5.24. The third-order valence-electron chi connectivity index (χ3n) is 3.15. The van der Waals surface area contributed by atoms with E-state index < -0.39 is 33.3 Å². The van der Waals surface area contributed by atoms with Crippen LogP contribution in [-0.4, -0.2) is 43.3 Å². The monoisotopic (exact) mass is 314 g/mol. The summed E-state index contributed by atoms with van der Waals surface area (Å²) >= 11 is 0. The van der Waals surface area contributed by atoms with E-state index in [2.05, 4.69) is 0 Å². The number of nitrogens with zero attached hydrogens (tertiary/aromatic N) is 1. The fourth-order valence-corrected chi connectivity index (χ4v) is 3.31. The molecule has 1 aliphatic rings. The lowest BCUT2D eigenvalue weighted by Gasteiger charge is -2.34. The molecule has 2 rings (SSSR count). The van der Waals surface area contributed by atoms with Crippen LogP contribution in [0.3, 0.4) is 0 Å². The number of benzene rings is 1. The lowest BCUT2D eigenvalue weighted by molar-refractivity contribution is -0.136. The highest BCUT2D eigenvalue weighted by atomic mass is 32.2. The van der Waals surface area contributed by atoms with Gasteiger partial charge in [-0.3, -0.25) is 13.9 Å². The Morgan fingerprint density at radius 2 is 2.05 bits per heavy atom. The predicted octanol–water partition coefficient (Wildman–Crippen LogP) is -0.458. The highest BCUT2D eigenvalue weighted by Gasteiger charge is 2.40. The van der Waals surface area contributed by atoms with Crippen LogP contribution in [0.25, 0.3) is 0 Å². The van der Waals surface area contributed by atoms with Gasteiger partial charge >= 0.3 is 5.97 Å². The van der Waals surface area contributed by atoms with E-state index in [9.17, 15) is 18.0 Å². The fraction of sp³-hybridized carbons (Fsp3) is 0.333. The first-order valence-corrected chi connectivity index (χ1v) is 7.55. The van der Waals surface area contributed by atoms with E-state index in [0.717, 1.165) is 11.2 Å². The molecular formula is C12H14N2O6S. The molecule has 0 bridgehead atoms. The number of carboxylic acid groups (broad SMARTS) is 1. The minimum Gasteiger partial charge on any atom is -0.480 e. The molecule has 0 radical (unpaired) electrons. The highest BCUT2D eigenvalue weighted by molar-refractivity contribution is 7.94. The quantitative estimate of drug-likeness (QED) is 0.774. The number of nitrogens with two attached hydrogens (primary N) is 1. The molecule has 114 valence electrons. The molecule has 1 aromatic rings. The number of primary amides is 1. The summed E-state index contributed by atoms with van der Waals surface area (Å²) in [4.78, 5) is 22.3. The number of hydrogen-bond acceptors (Lipinski definition) is 5. The van der Waals surface area contributed by atoms with Crippen molar-refractivity contribution in [1.82, 2.24) is 0 Å². The number of aliphatic carboxylic acids is 1. The summed E-state index contributed by atoms with van der Waals surface area (Å²) in [6, 6.07) is 6.14. The number of amides is 1. The highest BCUT2D eigenvalue weighted by Crippen LogP contribution is 2.35. The maximum atomic E-state index is 12.4. The van der Waals surface area contributed by atoms with Gasteiger partial charge in [0.1, 0.15) is 5.75 Å². The van der Waals surface area contributed by atoms with E-state index >= 15 is 0 Å². The van der Waals surface area contributed by atoms with Gasteiger partial charge in [0.25, 0.3) is 5.91 Å². The van der Waals surface area contributed by atoms with Crippen molar-refractivity contribution in [2.45, 2.75) is 18.3 Å². The Balaban J connectivity index is 2.52. The minimum atomic E-state index is -4.20. The van der Waals surface area contributed by atoms with E-state index in [4.69, 9.17) is 15.6 Å². The molecule has 0 aromatic heterocycles. The number of rotatable bonds is 4. The van der Waals surface area contributed by atoms with Gasteiger partial charge in [-0.1, -0.05) is 12.1 Å². The van der Waals surface area contributed by atoms with Crippen molar-refractivity contribution in [2.75, 3.05) is 10.8 Å². The van der Waals surface area contributed by atoms with Crippen molar-refractivity contribution >= 4 is 27.6 Å². The molecule has 1 amide bonds. The largest absolute Gasteiger partial charge is 0.480 e. The molecular weight excluding hydrogens is 300 g/mol. The molecule has 0 aliphatic carbocycles. The second-order valence-electron chi connectivity index (χ2n) is 4.53. The Morgan fingerprint density at radius 3 is 2.62 bits per heavy atom. The molecule has 0 saturated carbocycles. The van der Waals surface area contributed by atoms with Crippen molar-refractivity contribution in [3.8, 4) is 5.75 Å². The van der Waals surface area contributed by atoms with E-state index in [-0.39, 0.29) is 18.0 Å². The van der Waals surface area contributed by atoms with Crippen molar-refractivity contribution in [2.24, 2.45) is 5.73 Å². The molecule has 9 heteroatoms. The molecule has 1 aliphatic heterocycles. The van der Waals surface area contributed by atoms with Crippen LogP contribution in [0.2, 0.25) is 0 Å². The Morgan fingerprint density at radius 1 is 1.43 bits per heavy atom. The number of fused-ring (bicyclic) bond motifs is 1. The van der Waals surface area contributed by atoms with Gasteiger partial charge in [-0.2, -0.15) is 0 Å². The lowest BCUT2D eigenvalue weighted by atomic mass is 10.2. The number of sulfonamides is 1. The van der Waals surface area contributed by atoms with E-state index in [0.29, 0.717) is 0 Å². The van der Waals surface area contributed by atoms with Gasteiger partial charge in [0.15, 0.2) is 11.4 Å². The Labute approximate surface area is 121 Å². The van der Waals surface area contributed by atoms with Crippen molar-refractivity contribution < 1.29 is 27.9 Å². The Bertz CT molecular complexity index is 687. The summed E-state index contributed by atoms with van der Waals surface area (Å²) in [7, 11) is -4.20. The number of para-hydroxylation sites is 2. The minimum absolute atomic E-state index is 0.161. The zero-order valence-electron chi connectivity index (χ0n) is 11.1. The first-order valence-electron chi connectivity index (χ1n) is 6.04. The van der Waals surface area contributed by atoms with Gasteiger partial charge in [0.2, 0.25) is 10.0 Å². The number of hydrogen-bond donors (Lipinski definition) is 2. The van der Waals surface area contributed by atoms with Gasteiger partial charge in [-0.15, -0.1) is 0 Å². The smallest absolute Gasteiger partial charge is 0.323 e. The average molecular weight is 314 g/mol. The zero-order valence-corrected chi connectivity index (χ0v) is 11.9. The van der Waals surface area contributed by atoms with E-state index in [1.807, 2.05) is 0 Å². The van der Waals surface area contributed by atoms with Gasteiger partial charge in [-0.05, 0) is 19.1 Å². The Hall–Kier alpha value is -2.29. The van der Waals surface area contributed by atoms with Crippen LogP contribution >= 0.6 is 0 Å². The van der Waals surface area contributed by atoms with Gasteiger partial charge in [0, 0.05) is 0 Å². The maximum absolute atomic E-state index is 12.4. The van der Waals surface area contributed by atoms with Crippen molar-refractivity contribution in [3.63, 3.8) is 0 Å². The second-order valence-corrected chi connectivity index (χ2v) is 6.71.